The van der Waals surface area contributed by atoms with Crippen molar-refractivity contribution in [3.63, 3.8) is 0 Å². The summed E-state index contributed by atoms with van der Waals surface area (Å²) >= 11 is -1.77. The Balaban J connectivity index is 2.51. The molecule has 1 unspecified atom stereocenters. The number of anilines is 1. The molecule has 8 nitrogen and oxygen atoms in total. The number of ether oxygens (including phenoxy) is 1. The Morgan fingerprint density at radius 1 is 1.31 bits per heavy atom. The van der Waals surface area contributed by atoms with Crippen LogP contribution in [0.5, 0.6) is 5.75 Å². The van der Waals surface area contributed by atoms with E-state index < -0.39 is 11.2 Å². The van der Waals surface area contributed by atoms with Gasteiger partial charge >= 0.3 is 0 Å². The number of hydrogen-bond donors (Lipinski definition) is 2. The molecule has 2 rings (SSSR count). The number of carbonyl (C=O) groups is 1. The van der Waals surface area contributed by atoms with Crippen molar-refractivity contribution in [1.82, 2.24) is 4.90 Å². The van der Waals surface area contributed by atoms with Gasteiger partial charge in [0, 0.05) is 14.1 Å². The third-order valence-corrected chi connectivity index (χ3v) is 4.33. The van der Waals surface area contributed by atoms with Gasteiger partial charge in [-0.15, -0.1) is 8.80 Å². The molecule has 1 aromatic rings. The largest absolute Gasteiger partial charge is 0.505 e. The van der Waals surface area contributed by atoms with Crippen molar-refractivity contribution in [1.29, 1.82) is 0 Å². The van der Waals surface area contributed by atoms with E-state index in [9.17, 15) is 14.1 Å². The lowest BCUT2D eigenvalue weighted by Gasteiger charge is -2.25. The first kappa shape index (κ1) is 19.9. The van der Waals surface area contributed by atoms with Crippen LogP contribution in [-0.2, 0) is 21.3 Å². The number of amidine groups is 1. The Bertz CT molecular complexity index is 810. The summed E-state index contributed by atoms with van der Waals surface area (Å²) in [5.74, 6) is -0.267. The molecular formula is C17H24N4O4S. The van der Waals surface area contributed by atoms with Crippen LogP contribution in [0.1, 0.15) is 43.6 Å². The van der Waals surface area contributed by atoms with Gasteiger partial charge < -0.3 is 20.1 Å². The SMILES string of the molecule is CCOC1=NS(=O)N=C1Nc1ccc(C(C)(C)C)c(C(=O)N(C)C)c1O. The summed E-state index contributed by atoms with van der Waals surface area (Å²) in [7, 11) is 3.25. The molecule has 0 fully saturated rings. The first-order valence-corrected chi connectivity index (χ1v) is 9.20. The maximum Gasteiger partial charge on any atom is 0.271 e. The van der Waals surface area contributed by atoms with Crippen molar-refractivity contribution in [2.24, 2.45) is 8.80 Å². The van der Waals surface area contributed by atoms with Crippen LogP contribution in [0.2, 0.25) is 0 Å². The number of phenols is 1. The number of benzene rings is 1. The smallest absolute Gasteiger partial charge is 0.271 e. The lowest BCUT2D eigenvalue weighted by atomic mass is 9.82. The number of phenolic OH excluding ortho intramolecular Hbond substituents is 1. The van der Waals surface area contributed by atoms with E-state index in [4.69, 9.17) is 4.74 Å². The molecule has 0 spiro atoms. The number of aromatic hydroxyl groups is 1. The highest BCUT2D eigenvalue weighted by atomic mass is 32.2. The van der Waals surface area contributed by atoms with Crippen LogP contribution in [0, 0.1) is 0 Å². The van der Waals surface area contributed by atoms with Crippen LogP contribution in [0.25, 0.3) is 0 Å². The average Bonchev–Trinajstić information content (AvgIpc) is 2.87. The Morgan fingerprint density at radius 2 is 1.96 bits per heavy atom. The minimum absolute atomic E-state index is 0.102. The van der Waals surface area contributed by atoms with Crippen molar-refractivity contribution in [3.05, 3.63) is 23.3 Å². The van der Waals surface area contributed by atoms with Gasteiger partial charge in [-0.2, -0.15) is 0 Å². The Labute approximate surface area is 155 Å². The number of hydrogen-bond acceptors (Lipinski definition) is 5. The predicted octanol–water partition coefficient (Wildman–Crippen LogP) is 2.23. The Morgan fingerprint density at radius 3 is 2.50 bits per heavy atom. The lowest BCUT2D eigenvalue weighted by Crippen LogP contribution is -2.27. The zero-order chi connectivity index (χ0) is 19.6. The van der Waals surface area contributed by atoms with E-state index in [0.29, 0.717) is 6.61 Å². The lowest BCUT2D eigenvalue weighted by molar-refractivity contribution is 0.0822. The minimum atomic E-state index is -1.77. The molecule has 1 aromatic carbocycles. The van der Waals surface area contributed by atoms with Crippen molar-refractivity contribution in [2.75, 3.05) is 26.0 Å². The molecule has 1 heterocycles. The number of nitrogens with one attached hydrogen (secondary N) is 1. The second-order valence-corrected chi connectivity index (χ2v) is 7.79. The van der Waals surface area contributed by atoms with E-state index in [0.717, 1.165) is 5.56 Å². The van der Waals surface area contributed by atoms with Gasteiger partial charge in [-0.1, -0.05) is 26.8 Å². The van der Waals surface area contributed by atoms with Crippen LogP contribution >= 0.6 is 0 Å². The number of nitrogens with zero attached hydrogens (tertiary/aromatic N) is 3. The van der Waals surface area contributed by atoms with Crippen LogP contribution in [0.3, 0.4) is 0 Å². The highest BCUT2D eigenvalue weighted by Gasteiger charge is 2.29. The third kappa shape index (κ3) is 4.04. The number of carbonyl (C=O) groups excluding carboxylic acids is 1. The predicted molar refractivity (Wildman–Crippen MR) is 103 cm³/mol. The molecule has 2 N–H and O–H groups in total. The van der Waals surface area contributed by atoms with Gasteiger partial charge in [-0.05, 0) is 24.0 Å². The van der Waals surface area contributed by atoms with Gasteiger partial charge in [0.05, 0.1) is 17.9 Å². The first-order valence-electron chi connectivity index (χ1n) is 8.14. The van der Waals surface area contributed by atoms with Gasteiger partial charge in [0.15, 0.2) is 5.75 Å². The summed E-state index contributed by atoms with van der Waals surface area (Å²) in [5, 5.41) is 13.6. The molecule has 1 aliphatic rings. The maximum atomic E-state index is 12.7. The van der Waals surface area contributed by atoms with Crippen LogP contribution < -0.4 is 5.32 Å². The molecule has 0 saturated carbocycles. The molecule has 26 heavy (non-hydrogen) atoms. The second kappa shape index (κ2) is 7.45. The van der Waals surface area contributed by atoms with Crippen molar-refractivity contribution < 1.29 is 18.8 Å². The molecule has 0 saturated heterocycles. The summed E-state index contributed by atoms with van der Waals surface area (Å²) in [6.45, 7) is 7.99. The maximum absolute atomic E-state index is 12.7. The zero-order valence-electron chi connectivity index (χ0n) is 15.8. The fourth-order valence-corrected chi connectivity index (χ4v) is 3.05. The molecule has 0 bridgehead atoms. The van der Waals surface area contributed by atoms with Crippen LogP contribution in [0.4, 0.5) is 5.69 Å². The van der Waals surface area contributed by atoms with Gasteiger partial charge in [0.25, 0.3) is 23.0 Å². The summed E-state index contributed by atoms with van der Waals surface area (Å²) < 4.78 is 24.5. The molecule has 9 heteroatoms. The molecule has 1 aliphatic heterocycles. The Hall–Kier alpha value is -2.42. The van der Waals surface area contributed by atoms with Gasteiger partial charge in [-0.3, -0.25) is 4.79 Å². The van der Waals surface area contributed by atoms with E-state index >= 15 is 0 Å². The van der Waals surface area contributed by atoms with E-state index in [1.807, 2.05) is 20.8 Å². The summed E-state index contributed by atoms with van der Waals surface area (Å²) in [5.41, 5.74) is 0.840. The molecule has 0 radical (unpaired) electrons. The van der Waals surface area contributed by atoms with Crippen molar-refractivity contribution in [2.45, 2.75) is 33.1 Å². The van der Waals surface area contributed by atoms with Crippen molar-refractivity contribution in [3.8, 4) is 5.75 Å². The average molecular weight is 380 g/mol. The van der Waals surface area contributed by atoms with E-state index in [1.54, 1.807) is 33.2 Å². The fraction of sp³-hybridized carbons (Fsp3) is 0.471. The normalized spacial score (nSPS) is 16.8. The van der Waals surface area contributed by atoms with Crippen LogP contribution in [-0.4, -0.2) is 52.6 Å². The summed E-state index contributed by atoms with van der Waals surface area (Å²) in [6, 6.07) is 3.43. The van der Waals surface area contributed by atoms with Crippen molar-refractivity contribution >= 4 is 34.5 Å². The quantitative estimate of drug-likeness (QED) is 0.783. The van der Waals surface area contributed by atoms with E-state index in [-0.39, 0.29) is 40.1 Å². The highest BCUT2D eigenvalue weighted by molar-refractivity contribution is 7.83. The van der Waals surface area contributed by atoms with Gasteiger partial charge in [0.2, 0.25) is 5.84 Å². The monoisotopic (exact) mass is 380 g/mol. The van der Waals surface area contributed by atoms with Gasteiger partial charge in [0.1, 0.15) is 0 Å². The van der Waals surface area contributed by atoms with Gasteiger partial charge in [-0.25, -0.2) is 4.21 Å². The topological polar surface area (TPSA) is 104 Å². The summed E-state index contributed by atoms with van der Waals surface area (Å²) in [6.07, 6.45) is 0. The minimum Gasteiger partial charge on any atom is -0.505 e. The fourth-order valence-electron chi connectivity index (χ4n) is 2.44. The number of amides is 1. The highest BCUT2D eigenvalue weighted by Crippen LogP contribution is 2.37. The molecule has 1 amide bonds. The second-order valence-electron chi connectivity index (χ2n) is 6.96. The molecular weight excluding hydrogens is 356 g/mol. The number of rotatable bonds is 3. The zero-order valence-corrected chi connectivity index (χ0v) is 16.6. The van der Waals surface area contributed by atoms with E-state index in [2.05, 4.69) is 14.1 Å². The summed E-state index contributed by atoms with van der Waals surface area (Å²) in [4.78, 5) is 14.1. The van der Waals surface area contributed by atoms with E-state index in [1.165, 1.54) is 4.90 Å². The molecule has 0 aromatic heterocycles. The molecule has 142 valence electrons. The standard InChI is InChI=1S/C17H24N4O4S/c1-7-25-15-14(19-26(24)20-15)18-11-9-8-10(17(2,3)4)12(13(11)22)16(23)21(5)6/h8-9,22H,7H2,1-6H3,(H,18,19). The Kier molecular flexibility index (Phi) is 5.70. The van der Waals surface area contributed by atoms with Crippen LogP contribution in [0.15, 0.2) is 20.9 Å². The third-order valence-electron chi connectivity index (χ3n) is 3.67. The molecule has 0 aliphatic carbocycles. The molecule has 1 atom stereocenters. The first-order chi connectivity index (χ1) is 12.1.